The molecule has 0 bridgehead atoms. The van der Waals surface area contributed by atoms with E-state index in [1.807, 2.05) is 35.9 Å². The SMILES string of the molecule is C=CCN(Cc1cccn1Cc1cccc(F)c1)C(=O)CC. The maximum atomic E-state index is 13.3. The highest BCUT2D eigenvalue weighted by molar-refractivity contribution is 5.75. The highest BCUT2D eigenvalue weighted by Crippen LogP contribution is 2.12. The molecule has 0 aliphatic heterocycles. The zero-order valence-electron chi connectivity index (χ0n) is 12.8. The molecule has 2 aromatic rings. The van der Waals surface area contributed by atoms with Crippen LogP contribution >= 0.6 is 0 Å². The minimum atomic E-state index is -0.236. The molecule has 0 radical (unpaired) electrons. The molecule has 1 aromatic carbocycles. The third-order valence-electron chi connectivity index (χ3n) is 3.52. The Morgan fingerprint density at radius 3 is 2.86 bits per heavy atom. The van der Waals surface area contributed by atoms with Crippen LogP contribution in [0.5, 0.6) is 0 Å². The van der Waals surface area contributed by atoms with Crippen LogP contribution in [0, 0.1) is 5.82 Å². The van der Waals surface area contributed by atoms with Crippen LogP contribution in [0.3, 0.4) is 0 Å². The van der Waals surface area contributed by atoms with Crippen molar-refractivity contribution in [3.05, 3.63) is 72.3 Å². The maximum absolute atomic E-state index is 13.3. The monoisotopic (exact) mass is 300 g/mol. The van der Waals surface area contributed by atoms with Crippen LogP contribution in [0.2, 0.25) is 0 Å². The first-order chi connectivity index (χ1) is 10.6. The zero-order chi connectivity index (χ0) is 15.9. The zero-order valence-corrected chi connectivity index (χ0v) is 12.8. The van der Waals surface area contributed by atoms with Gasteiger partial charge in [-0.15, -0.1) is 6.58 Å². The van der Waals surface area contributed by atoms with Crippen molar-refractivity contribution in [2.24, 2.45) is 0 Å². The number of amides is 1. The van der Waals surface area contributed by atoms with E-state index in [4.69, 9.17) is 0 Å². The van der Waals surface area contributed by atoms with E-state index in [9.17, 15) is 9.18 Å². The number of carbonyl (C=O) groups is 1. The van der Waals surface area contributed by atoms with Crippen LogP contribution in [0.25, 0.3) is 0 Å². The largest absolute Gasteiger partial charge is 0.345 e. The van der Waals surface area contributed by atoms with E-state index in [2.05, 4.69) is 6.58 Å². The molecule has 4 heteroatoms. The van der Waals surface area contributed by atoms with Gasteiger partial charge >= 0.3 is 0 Å². The van der Waals surface area contributed by atoms with E-state index in [0.717, 1.165) is 11.3 Å². The molecular weight excluding hydrogens is 279 g/mol. The van der Waals surface area contributed by atoms with E-state index in [0.29, 0.717) is 26.1 Å². The van der Waals surface area contributed by atoms with Gasteiger partial charge in [-0.3, -0.25) is 4.79 Å². The van der Waals surface area contributed by atoms with E-state index in [1.165, 1.54) is 12.1 Å². The fraction of sp³-hybridized carbons (Fsp3) is 0.278. The number of nitrogens with zero attached hydrogens (tertiary/aromatic N) is 2. The molecule has 0 N–H and O–H groups in total. The second kappa shape index (κ2) is 7.59. The van der Waals surface area contributed by atoms with Gasteiger partial charge in [-0.05, 0) is 29.8 Å². The van der Waals surface area contributed by atoms with Crippen LogP contribution in [0.4, 0.5) is 4.39 Å². The van der Waals surface area contributed by atoms with Gasteiger partial charge in [0.05, 0.1) is 6.54 Å². The standard InChI is InChI=1S/C18H21FN2O/c1-3-10-21(18(22)4-2)14-17-9-6-11-20(17)13-15-7-5-8-16(19)12-15/h3,5-9,11-12H,1,4,10,13-14H2,2H3. The summed E-state index contributed by atoms with van der Waals surface area (Å²) in [6, 6.07) is 10.5. The molecule has 22 heavy (non-hydrogen) atoms. The number of aromatic nitrogens is 1. The summed E-state index contributed by atoms with van der Waals surface area (Å²) in [5.74, 6) is -0.140. The molecule has 0 atom stereocenters. The Balaban J connectivity index is 2.14. The van der Waals surface area contributed by atoms with Crippen LogP contribution in [0.15, 0.2) is 55.3 Å². The third-order valence-corrected chi connectivity index (χ3v) is 3.52. The average molecular weight is 300 g/mol. The molecule has 1 aromatic heterocycles. The van der Waals surface area contributed by atoms with Gasteiger partial charge in [-0.1, -0.05) is 25.1 Å². The topological polar surface area (TPSA) is 25.2 Å². The maximum Gasteiger partial charge on any atom is 0.222 e. The van der Waals surface area contributed by atoms with Gasteiger partial charge < -0.3 is 9.47 Å². The van der Waals surface area contributed by atoms with Gasteiger partial charge in [0.15, 0.2) is 0 Å². The van der Waals surface area contributed by atoms with Crippen LogP contribution in [0.1, 0.15) is 24.6 Å². The van der Waals surface area contributed by atoms with Gasteiger partial charge in [-0.25, -0.2) is 4.39 Å². The molecule has 3 nitrogen and oxygen atoms in total. The van der Waals surface area contributed by atoms with Crippen molar-refractivity contribution in [1.82, 2.24) is 9.47 Å². The van der Waals surface area contributed by atoms with Gasteiger partial charge in [0.1, 0.15) is 5.82 Å². The van der Waals surface area contributed by atoms with Crippen molar-refractivity contribution < 1.29 is 9.18 Å². The third kappa shape index (κ3) is 4.07. The summed E-state index contributed by atoms with van der Waals surface area (Å²) in [4.78, 5) is 13.7. The first-order valence-corrected chi connectivity index (χ1v) is 7.41. The smallest absolute Gasteiger partial charge is 0.222 e. The molecule has 0 aliphatic carbocycles. The predicted octanol–water partition coefficient (Wildman–Crippen LogP) is 3.60. The molecule has 0 aliphatic rings. The van der Waals surface area contributed by atoms with Crippen molar-refractivity contribution >= 4 is 5.91 Å². The van der Waals surface area contributed by atoms with Crippen molar-refractivity contribution in [2.45, 2.75) is 26.4 Å². The van der Waals surface area contributed by atoms with Crippen LogP contribution in [-0.2, 0) is 17.9 Å². The summed E-state index contributed by atoms with van der Waals surface area (Å²) >= 11 is 0. The molecule has 0 fully saturated rings. The Morgan fingerprint density at radius 1 is 1.36 bits per heavy atom. The Hall–Kier alpha value is -2.36. The Morgan fingerprint density at radius 2 is 2.18 bits per heavy atom. The molecule has 116 valence electrons. The number of benzene rings is 1. The number of hydrogen-bond donors (Lipinski definition) is 0. The molecule has 0 saturated heterocycles. The van der Waals surface area contributed by atoms with Gasteiger partial charge in [0.2, 0.25) is 5.91 Å². The summed E-state index contributed by atoms with van der Waals surface area (Å²) < 4.78 is 15.3. The summed E-state index contributed by atoms with van der Waals surface area (Å²) in [6.07, 6.45) is 4.15. The fourth-order valence-corrected chi connectivity index (χ4v) is 2.41. The second-order valence-corrected chi connectivity index (χ2v) is 5.17. The molecule has 1 amide bonds. The minimum Gasteiger partial charge on any atom is -0.345 e. The van der Waals surface area contributed by atoms with Gasteiger partial charge in [-0.2, -0.15) is 0 Å². The second-order valence-electron chi connectivity index (χ2n) is 5.17. The number of halogens is 1. The Kier molecular flexibility index (Phi) is 5.53. The molecule has 1 heterocycles. The predicted molar refractivity (Wildman–Crippen MR) is 85.8 cm³/mol. The van der Waals surface area contributed by atoms with E-state index in [1.54, 1.807) is 17.0 Å². The molecule has 0 spiro atoms. The first kappa shape index (κ1) is 16.0. The molecule has 2 rings (SSSR count). The average Bonchev–Trinajstić information content (AvgIpc) is 2.93. The first-order valence-electron chi connectivity index (χ1n) is 7.41. The quantitative estimate of drug-likeness (QED) is 0.717. The van der Waals surface area contributed by atoms with Crippen molar-refractivity contribution in [3.8, 4) is 0 Å². The minimum absolute atomic E-state index is 0.0957. The van der Waals surface area contributed by atoms with Gasteiger partial charge in [0, 0.05) is 31.4 Å². The van der Waals surface area contributed by atoms with E-state index in [-0.39, 0.29) is 11.7 Å². The van der Waals surface area contributed by atoms with Crippen molar-refractivity contribution in [2.75, 3.05) is 6.54 Å². The lowest BCUT2D eigenvalue weighted by molar-refractivity contribution is -0.131. The number of rotatable bonds is 7. The molecule has 0 saturated carbocycles. The fourth-order valence-electron chi connectivity index (χ4n) is 2.41. The van der Waals surface area contributed by atoms with E-state index < -0.39 is 0 Å². The summed E-state index contributed by atoms with van der Waals surface area (Å²) in [6.45, 7) is 7.20. The highest BCUT2D eigenvalue weighted by atomic mass is 19.1. The molecular formula is C18H21FN2O. The normalized spacial score (nSPS) is 10.5. The number of carbonyl (C=O) groups excluding carboxylic acids is 1. The lowest BCUT2D eigenvalue weighted by atomic mass is 10.2. The number of hydrogen-bond acceptors (Lipinski definition) is 1. The Labute approximate surface area is 130 Å². The molecule has 0 unspecified atom stereocenters. The lowest BCUT2D eigenvalue weighted by Gasteiger charge is -2.21. The Bertz CT molecular complexity index is 648. The van der Waals surface area contributed by atoms with Gasteiger partial charge in [0.25, 0.3) is 0 Å². The van der Waals surface area contributed by atoms with Crippen LogP contribution < -0.4 is 0 Å². The van der Waals surface area contributed by atoms with Crippen molar-refractivity contribution in [1.29, 1.82) is 0 Å². The summed E-state index contributed by atoms with van der Waals surface area (Å²) in [5.41, 5.74) is 1.92. The van der Waals surface area contributed by atoms with E-state index >= 15 is 0 Å². The lowest BCUT2D eigenvalue weighted by Crippen LogP contribution is -2.30. The van der Waals surface area contributed by atoms with Crippen molar-refractivity contribution in [3.63, 3.8) is 0 Å². The summed E-state index contributed by atoms with van der Waals surface area (Å²) in [5, 5.41) is 0. The van der Waals surface area contributed by atoms with Crippen LogP contribution in [-0.4, -0.2) is 21.9 Å². The highest BCUT2D eigenvalue weighted by Gasteiger charge is 2.12. The summed E-state index contributed by atoms with van der Waals surface area (Å²) in [7, 11) is 0.